The van der Waals surface area contributed by atoms with E-state index in [9.17, 15) is 0 Å². The number of halogens is 1. The molecule has 4 heteroatoms. The van der Waals surface area contributed by atoms with Gasteiger partial charge in [0.1, 0.15) is 4.99 Å². The summed E-state index contributed by atoms with van der Waals surface area (Å²) in [5.41, 5.74) is 7.55. The Morgan fingerprint density at radius 1 is 1.56 bits per heavy atom. The summed E-state index contributed by atoms with van der Waals surface area (Å²) in [6, 6.07) is 5.86. The second-order valence-electron chi connectivity index (χ2n) is 4.92. The summed E-state index contributed by atoms with van der Waals surface area (Å²) in [7, 11) is 0. The lowest BCUT2D eigenvalue weighted by Gasteiger charge is -2.20. The lowest BCUT2D eigenvalue weighted by molar-refractivity contribution is 0.530. The third kappa shape index (κ3) is 2.96. The van der Waals surface area contributed by atoms with E-state index >= 15 is 0 Å². The Morgan fingerprint density at radius 3 is 2.94 bits per heavy atom. The standard InChI is InChI=1S/C14H19ClN2S/c1-2-3-10-6-7-17(9-10)13-5-4-11(14(16)18)8-12(13)15/h4-5,8,10H,2-3,6-7,9H2,1H3,(H2,16,18). The number of rotatable bonds is 4. The van der Waals surface area contributed by atoms with Crippen LogP contribution in [-0.4, -0.2) is 18.1 Å². The molecule has 1 unspecified atom stereocenters. The molecule has 1 saturated heterocycles. The van der Waals surface area contributed by atoms with E-state index in [1.807, 2.05) is 18.2 Å². The number of hydrogen-bond donors (Lipinski definition) is 1. The van der Waals surface area contributed by atoms with E-state index in [0.29, 0.717) is 4.99 Å². The van der Waals surface area contributed by atoms with Gasteiger partial charge in [0.15, 0.2) is 0 Å². The quantitative estimate of drug-likeness (QED) is 0.856. The fourth-order valence-electron chi connectivity index (χ4n) is 2.61. The van der Waals surface area contributed by atoms with Crippen molar-refractivity contribution in [1.29, 1.82) is 0 Å². The average Bonchev–Trinajstić information content (AvgIpc) is 2.77. The number of anilines is 1. The highest BCUT2D eigenvalue weighted by atomic mass is 35.5. The Bertz CT molecular complexity index is 447. The van der Waals surface area contributed by atoms with Crippen LogP contribution >= 0.6 is 23.8 Å². The van der Waals surface area contributed by atoms with Crippen LogP contribution < -0.4 is 10.6 Å². The Labute approximate surface area is 119 Å². The Hall–Kier alpha value is -0.800. The predicted molar refractivity (Wildman–Crippen MR) is 82.6 cm³/mol. The summed E-state index contributed by atoms with van der Waals surface area (Å²) < 4.78 is 0. The molecule has 18 heavy (non-hydrogen) atoms. The second-order valence-corrected chi connectivity index (χ2v) is 5.77. The van der Waals surface area contributed by atoms with E-state index in [0.717, 1.165) is 35.3 Å². The van der Waals surface area contributed by atoms with Crippen LogP contribution in [0.1, 0.15) is 31.7 Å². The van der Waals surface area contributed by atoms with Crippen LogP contribution in [0.3, 0.4) is 0 Å². The molecular weight excluding hydrogens is 264 g/mol. The summed E-state index contributed by atoms with van der Waals surface area (Å²) in [5, 5.41) is 0.748. The fourth-order valence-corrected chi connectivity index (χ4v) is 3.04. The molecule has 0 aliphatic carbocycles. The molecule has 0 spiro atoms. The molecular formula is C14H19ClN2S. The molecule has 0 saturated carbocycles. The van der Waals surface area contributed by atoms with E-state index in [1.165, 1.54) is 19.3 Å². The van der Waals surface area contributed by atoms with E-state index in [2.05, 4.69) is 11.8 Å². The molecule has 1 aromatic carbocycles. The van der Waals surface area contributed by atoms with Gasteiger partial charge < -0.3 is 10.6 Å². The van der Waals surface area contributed by atoms with Crippen LogP contribution in [0.15, 0.2) is 18.2 Å². The molecule has 1 fully saturated rings. The number of benzene rings is 1. The van der Waals surface area contributed by atoms with Crippen molar-refractivity contribution >= 4 is 34.5 Å². The van der Waals surface area contributed by atoms with Crippen LogP contribution in [0.2, 0.25) is 5.02 Å². The highest BCUT2D eigenvalue weighted by molar-refractivity contribution is 7.80. The van der Waals surface area contributed by atoms with Crippen molar-refractivity contribution in [3.63, 3.8) is 0 Å². The van der Waals surface area contributed by atoms with Gasteiger partial charge in [-0.15, -0.1) is 0 Å². The maximum absolute atomic E-state index is 6.32. The first kappa shape index (κ1) is 13.6. The number of thiocarbonyl (C=S) groups is 1. The van der Waals surface area contributed by atoms with Gasteiger partial charge in [-0.05, 0) is 37.0 Å². The summed E-state index contributed by atoms with van der Waals surface area (Å²) >= 11 is 11.3. The van der Waals surface area contributed by atoms with Crippen molar-refractivity contribution < 1.29 is 0 Å². The molecule has 0 bridgehead atoms. The largest absolute Gasteiger partial charge is 0.389 e. The van der Waals surface area contributed by atoms with Crippen LogP contribution in [0.4, 0.5) is 5.69 Å². The topological polar surface area (TPSA) is 29.3 Å². The van der Waals surface area contributed by atoms with Crippen LogP contribution in [0.25, 0.3) is 0 Å². The van der Waals surface area contributed by atoms with Crippen LogP contribution in [0.5, 0.6) is 0 Å². The van der Waals surface area contributed by atoms with Crippen LogP contribution in [0, 0.1) is 5.92 Å². The lowest BCUT2D eigenvalue weighted by Crippen LogP contribution is -2.20. The highest BCUT2D eigenvalue weighted by Gasteiger charge is 2.23. The fraction of sp³-hybridized carbons (Fsp3) is 0.500. The molecule has 2 N–H and O–H groups in total. The van der Waals surface area contributed by atoms with Crippen molar-refractivity contribution in [1.82, 2.24) is 0 Å². The van der Waals surface area contributed by atoms with Gasteiger partial charge in [0.25, 0.3) is 0 Å². The summed E-state index contributed by atoms with van der Waals surface area (Å²) in [6.07, 6.45) is 3.83. The van der Waals surface area contributed by atoms with E-state index in [-0.39, 0.29) is 0 Å². The number of nitrogens with two attached hydrogens (primary N) is 1. The van der Waals surface area contributed by atoms with Crippen molar-refractivity contribution in [2.45, 2.75) is 26.2 Å². The third-order valence-electron chi connectivity index (χ3n) is 3.56. The van der Waals surface area contributed by atoms with E-state index in [4.69, 9.17) is 29.6 Å². The Morgan fingerprint density at radius 2 is 2.33 bits per heavy atom. The molecule has 1 atom stereocenters. The minimum atomic E-state index is 0.397. The Kier molecular flexibility index (Phi) is 4.46. The maximum atomic E-state index is 6.32. The lowest BCUT2D eigenvalue weighted by atomic mass is 10.0. The molecule has 2 rings (SSSR count). The summed E-state index contributed by atoms with van der Waals surface area (Å²) in [4.78, 5) is 2.76. The second kappa shape index (κ2) is 5.89. The average molecular weight is 283 g/mol. The minimum absolute atomic E-state index is 0.397. The smallest absolute Gasteiger partial charge is 0.104 e. The third-order valence-corrected chi connectivity index (χ3v) is 4.09. The Balaban J connectivity index is 2.12. The van der Waals surface area contributed by atoms with Gasteiger partial charge in [-0.2, -0.15) is 0 Å². The molecule has 1 aromatic rings. The number of hydrogen-bond acceptors (Lipinski definition) is 2. The van der Waals surface area contributed by atoms with Gasteiger partial charge in [0, 0.05) is 18.7 Å². The first-order chi connectivity index (χ1) is 8.61. The molecule has 0 radical (unpaired) electrons. The van der Waals surface area contributed by atoms with Gasteiger partial charge in [-0.1, -0.05) is 37.2 Å². The predicted octanol–water partition coefficient (Wildman–Crippen LogP) is 3.60. The maximum Gasteiger partial charge on any atom is 0.104 e. The van der Waals surface area contributed by atoms with Gasteiger partial charge >= 0.3 is 0 Å². The van der Waals surface area contributed by atoms with E-state index < -0.39 is 0 Å². The van der Waals surface area contributed by atoms with Crippen molar-refractivity contribution in [3.8, 4) is 0 Å². The zero-order valence-electron chi connectivity index (χ0n) is 10.7. The zero-order chi connectivity index (χ0) is 13.1. The van der Waals surface area contributed by atoms with E-state index in [1.54, 1.807) is 0 Å². The minimum Gasteiger partial charge on any atom is -0.389 e. The SMILES string of the molecule is CCCC1CCN(c2ccc(C(N)=S)cc2Cl)C1. The van der Waals surface area contributed by atoms with Crippen LogP contribution in [-0.2, 0) is 0 Å². The van der Waals surface area contributed by atoms with Gasteiger partial charge in [-0.3, -0.25) is 0 Å². The first-order valence-corrected chi connectivity index (χ1v) is 7.24. The van der Waals surface area contributed by atoms with Gasteiger partial charge in [0.2, 0.25) is 0 Å². The molecule has 1 aliphatic heterocycles. The summed E-state index contributed by atoms with van der Waals surface area (Å²) in [6.45, 7) is 4.45. The zero-order valence-corrected chi connectivity index (χ0v) is 12.2. The van der Waals surface area contributed by atoms with Crippen molar-refractivity contribution in [3.05, 3.63) is 28.8 Å². The molecule has 1 heterocycles. The first-order valence-electron chi connectivity index (χ1n) is 6.46. The highest BCUT2D eigenvalue weighted by Crippen LogP contribution is 2.32. The van der Waals surface area contributed by atoms with Crippen molar-refractivity contribution in [2.24, 2.45) is 11.7 Å². The monoisotopic (exact) mass is 282 g/mol. The van der Waals surface area contributed by atoms with Gasteiger partial charge in [0.05, 0.1) is 10.7 Å². The number of nitrogens with zero attached hydrogens (tertiary/aromatic N) is 1. The normalized spacial score (nSPS) is 19.2. The van der Waals surface area contributed by atoms with Gasteiger partial charge in [-0.25, -0.2) is 0 Å². The molecule has 0 aromatic heterocycles. The molecule has 0 amide bonds. The van der Waals surface area contributed by atoms with Crippen molar-refractivity contribution in [2.75, 3.05) is 18.0 Å². The summed E-state index contributed by atoms with van der Waals surface area (Å²) in [5.74, 6) is 0.807. The molecule has 1 aliphatic rings. The molecule has 2 nitrogen and oxygen atoms in total. The molecule has 98 valence electrons.